The van der Waals surface area contributed by atoms with E-state index in [-0.39, 0.29) is 0 Å². The number of halogens is 1. The van der Waals surface area contributed by atoms with Gasteiger partial charge in [-0.2, -0.15) is 0 Å². The van der Waals surface area contributed by atoms with Gasteiger partial charge in [-0.25, -0.2) is 0 Å². The molecule has 0 aliphatic carbocycles. The number of pyridine rings is 1. The van der Waals surface area contributed by atoms with E-state index in [0.29, 0.717) is 17.9 Å². The number of alkyl halides is 1. The van der Waals surface area contributed by atoms with E-state index < -0.39 is 0 Å². The Kier molecular flexibility index (Phi) is 4.60. The topological polar surface area (TPSA) is 22.1 Å². The molecular weight excluding hydrogens is 222 g/mol. The van der Waals surface area contributed by atoms with Crippen LogP contribution in [0.4, 0.5) is 0 Å². The molecule has 0 radical (unpaired) electrons. The summed E-state index contributed by atoms with van der Waals surface area (Å²) in [5.41, 5.74) is 2.09. The van der Waals surface area contributed by atoms with E-state index in [1.165, 1.54) is 0 Å². The summed E-state index contributed by atoms with van der Waals surface area (Å²) < 4.78 is 5.71. The lowest BCUT2D eigenvalue weighted by atomic mass is 9.93. The fourth-order valence-electron chi connectivity index (χ4n) is 1.29. The Balaban J connectivity index is 2.60. The molecule has 0 aromatic carbocycles. The standard InChI is InChI=1S/C13H20ClNO/c1-10-5-6-12(11(9-14)15-10)16-8-7-13(2,3)4/h5-6H,7-9H2,1-4H3. The fraction of sp³-hybridized carbons (Fsp3) is 0.615. The van der Waals surface area contributed by atoms with Crippen molar-refractivity contribution < 1.29 is 4.74 Å². The smallest absolute Gasteiger partial charge is 0.142 e. The van der Waals surface area contributed by atoms with Crippen LogP contribution in [0, 0.1) is 12.3 Å². The monoisotopic (exact) mass is 241 g/mol. The van der Waals surface area contributed by atoms with Gasteiger partial charge in [-0.15, -0.1) is 11.6 Å². The molecule has 2 nitrogen and oxygen atoms in total. The Hall–Kier alpha value is -0.760. The zero-order valence-electron chi connectivity index (χ0n) is 10.5. The van der Waals surface area contributed by atoms with E-state index in [0.717, 1.165) is 23.6 Å². The third-order valence-electron chi connectivity index (χ3n) is 2.31. The molecule has 0 amide bonds. The summed E-state index contributed by atoms with van der Waals surface area (Å²) in [6, 6.07) is 3.89. The highest BCUT2D eigenvalue weighted by molar-refractivity contribution is 6.17. The minimum absolute atomic E-state index is 0.291. The number of rotatable bonds is 4. The molecule has 0 atom stereocenters. The normalized spacial score (nSPS) is 11.6. The van der Waals surface area contributed by atoms with Crippen molar-refractivity contribution in [1.82, 2.24) is 4.98 Å². The third-order valence-corrected chi connectivity index (χ3v) is 2.56. The number of ether oxygens (including phenoxy) is 1. The molecule has 0 fully saturated rings. The number of hydrogen-bond acceptors (Lipinski definition) is 2. The van der Waals surface area contributed by atoms with Crippen molar-refractivity contribution in [2.75, 3.05) is 6.61 Å². The minimum atomic E-state index is 0.291. The van der Waals surface area contributed by atoms with E-state index in [9.17, 15) is 0 Å². The van der Waals surface area contributed by atoms with Crippen molar-refractivity contribution in [3.63, 3.8) is 0 Å². The summed E-state index contributed by atoms with van der Waals surface area (Å²) in [6.07, 6.45) is 1.02. The van der Waals surface area contributed by atoms with Gasteiger partial charge in [-0.3, -0.25) is 4.98 Å². The summed E-state index contributed by atoms with van der Waals surface area (Å²) in [5, 5.41) is 0. The summed E-state index contributed by atoms with van der Waals surface area (Å²) in [4.78, 5) is 4.35. The van der Waals surface area contributed by atoms with Crippen LogP contribution in [0.25, 0.3) is 0 Å². The second-order valence-electron chi connectivity index (χ2n) is 5.19. The molecular formula is C13H20ClNO. The lowest BCUT2D eigenvalue weighted by Gasteiger charge is -2.18. The van der Waals surface area contributed by atoms with Crippen LogP contribution in [0.1, 0.15) is 38.6 Å². The number of aromatic nitrogens is 1. The van der Waals surface area contributed by atoms with Crippen molar-refractivity contribution >= 4 is 11.6 Å². The van der Waals surface area contributed by atoms with E-state index in [4.69, 9.17) is 16.3 Å². The highest BCUT2D eigenvalue weighted by Crippen LogP contribution is 2.22. The van der Waals surface area contributed by atoms with Gasteiger partial charge in [0.2, 0.25) is 0 Å². The molecule has 1 heterocycles. The van der Waals surface area contributed by atoms with Gasteiger partial charge >= 0.3 is 0 Å². The van der Waals surface area contributed by atoms with Crippen LogP contribution in [-0.4, -0.2) is 11.6 Å². The molecule has 1 aromatic rings. The SMILES string of the molecule is Cc1ccc(OCCC(C)(C)C)c(CCl)n1. The Morgan fingerprint density at radius 2 is 2.00 bits per heavy atom. The molecule has 0 unspecified atom stereocenters. The van der Waals surface area contributed by atoms with Gasteiger partial charge in [-0.1, -0.05) is 20.8 Å². The van der Waals surface area contributed by atoms with Crippen LogP contribution < -0.4 is 4.74 Å². The fourth-order valence-corrected chi connectivity index (χ4v) is 1.48. The van der Waals surface area contributed by atoms with Gasteiger partial charge < -0.3 is 4.74 Å². The van der Waals surface area contributed by atoms with Crippen LogP contribution in [0.5, 0.6) is 5.75 Å². The van der Waals surface area contributed by atoms with Crippen molar-refractivity contribution in [3.05, 3.63) is 23.5 Å². The Bertz CT molecular complexity index is 344. The zero-order valence-corrected chi connectivity index (χ0v) is 11.3. The van der Waals surface area contributed by atoms with E-state index in [2.05, 4.69) is 25.8 Å². The van der Waals surface area contributed by atoms with Crippen LogP contribution >= 0.6 is 11.6 Å². The van der Waals surface area contributed by atoms with Crippen molar-refractivity contribution in [2.45, 2.75) is 40.0 Å². The quantitative estimate of drug-likeness (QED) is 0.745. The number of aryl methyl sites for hydroxylation is 1. The van der Waals surface area contributed by atoms with Crippen LogP contribution in [0.15, 0.2) is 12.1 Å². The summed E-state index contributed by atoms with van der Waals surface area (Å²) in [7, 11) is 0. The van der Waals surface area contributed by atoms with Crippen molar-refractivity contribution in [2.24, 2.45) is 5.41 Å². The first-order valence-electron chi connectivity index (χ1n) is 5.58. The van der Waals surface area contributed by atoms with Crippen LogP contribution in [0.2, 0.25) is 0 Å². The number of hydrogen-bond donors (Lipinski definition) is 0. The largest absolute Gasteiger partial charge is 0.492 e. The molecule has 0 aliphatic heterocycles. The molecule has 90 valence electrons. The van der Waals surface area contributed by atoms with Crippen LogP contribution in [-0.2, 0) is 5.88 Å². The third kappa shape index (κ3) is 4.40. The molecule has 0 bridgehead atoms. The first-order chi connectivity index (χ1) is 7.42. The maximum atomic E-state index is 5.83. The highest BCUT2D eigenvalue weighted by atomic mass is 35.5. The Labute approximate surface area is 103 Å². The van der Waals surface area contributed by atoms with Gasteiger partial charge in [0.1, 0.15) is 5.75 Å². The average molecular weight is 242 g/mol. The van der Waals surface area contributed by atoms with E-state index in [1.807, 2.05) is 19.1 Å². The minimum Gasteiger partial charge on any atom is -0.492 e. The molecule has 0 saturated carbocycles. The van der Waals surface area contributed by atoms with Gasteiger partial charge in [0, 0.05) is 5.69 Å². The molecule has 0 aliphatic rings. The predicted molar refractivity (Wildman–Crippen MR) is 68.1 cm³/mol. The second-order valence-corrected chi connectivity index (χ2v) is 5.46. The molecule has 0 saturated heterocycles. The number of nitrogens with zero attached hydrogens (tertiary/aromatic N) is 1. The molecule has 1 aromatic heterocycles. The van der Waals surface area contributed by atoms with Gasteiger partial charge in [-0.05, 0) is 30.9 Å². The molecule has 0 spiro atoms. The van der Waals surface area contributed by atoms with Crippen molar-refractivity contribution in [1.29, 1.82) is 0 Å². The van der Waals surface area contributed by atoms with E-state index in [1.54, 1.807) is 0 Å². The van der Waals surface area contributed by atoms with Gasteiger partial charge in [0.25, 0.3) is 0 Å². The van der Waals surface area contributed by atoms with Crippen molar-refractivity contribution in [3.8, 4) is 5.75 Å². The first kappa shape index (κ1) is 13.3. The van der Waals surface area contributed by atoms with Gasteiger partial charge in [0.05, 0.1) is 18.2 Å². The molecule has 16 heavy (non-hydrogen) atoms. The summed E-state index contributed by atoms with van der Waals surface area (Å²) >= 11 is 5.83. The predicted octanol–water partition coefficient (Wildman–Crippen LogP) is 3.94. The van der Waals surface area contributed by atoms with Crippen LogP contribution in [0.3, 0.4) is 0 Å². The Morgan fingerprint density at radius 1 is 1.31 bits per heavy atom. The highest BCUT2D eigenvalue weighted by Gasteiger charge is 2.11. The second kappa shape index (κ2) is 5.53. The maximum Gasteiger partial charge on any atom is 0.142 e. The summed E-state index contributed by atoms with van der Waals surface area (Å²) in [5.74, 6) is 1.21. The average Bonchev–Trinajstić information content (AvgIpc) is 2.18. The van der Waals surface area contributed by atoms with Gasteiger partial charge in [0.15, 0.2) is 0 Å². The maximum absolute atomic E-state index is 5.83. The Morgan fingerprint density at radius 3 is 2.56 bits per heavy atom. The van der Waals surface area contributed by atoms with E-state index >= 15 is 0 Å². The molecule has 3 heteroatoms. The lowest BCUT2D eigenvalue weighted by molar-refractivity contribution is 0.241. The summed E-state index contributed by atoms with van der Waals surface area (Å²) in [6.45, 7) is 9.26. The first-order valence-corrected chi connectivity index (χ1v) is 6.11. The zero-order chi connectivity index (χ0) is 12.2. The molecule has 1 rings (SSSR count). The molecule has 0 N–H and O–H groups in total. The lowest BCUT2D eigenvalue weighted by Crippen LogP contribution is -2.12.